The van der Waals surface area contributed by atoms with Crippen molar-refractivity contribution in [2.75, 3.05) is 6.54 Å². The maximum Gasteiger partial charge on any atom is 0.419 e. The zero-order valence-corrected chi connectivity index (χ0v) is 20.1. The number of rotatable bonds is 9. The third-order valence-electron chi connectivity index (χ3n) is 4.99. The molecule has 1 aliphatic heterocycles. The molecule has 0 unspecified atom stereocenters. The van der Waals surface area contributed by atoms with Crippen LogP contribution in [0.2, 0.25) is 0 Å². The minimum atomic E-state index is -4.87. The third kappa shape index (κ3) is 6.95. The fourth-order valence-corrected chi connectivity index (χ4v) is 4.98. The number of hydrogen-bond donors (Lipinski definition) is 3. The zero-order chi connectivity index (χ0) is 27.5. The SMILES string of the molecule is NC(=O)[C@H](CC(=O)O)NC(=O)CCN1C(=O)S/C(=C\c2cc(-c3ccc(F)c(C(F)(F)F)c3)cs2)C1=O. The van der Waals surface area contributed by atoms with E-state index in [1.54, 1.807) is 0 Å². The number of nitrogens with zero attached hydrogens (tertiary/aromatic N) is 1. The van der Waals surface area contributed by atoms with Crippen LogP contribution in [0.15, 0.2) is 34.6 Å². The fourth-order valence-electron chi connectivity index (χ4n) is 3.20. The number of aliphatic carboxylic acids is 1. The lowest BCUT2D eigenvalue weighted by Crippen LogP contribution is -2.46. The standard InChI is InChI=1S/C22H17F4N3O6S2/c23-14-2-1-10(6-13(14)22(24,25)26)11-5-12(36-9-11)7-16-20(34)29(21(35)37-16)4-3-17(30)28-15(19(27)33)8-18(31)32/h1-2,5-7,9,15H,3-4,8H2,(H2,27,33)(H,28,30)(H,31,32)/b16-7-/t15-/m0/s1. The Morgan fingerprint density at radius 2 is 1.86 bits per heavy atom. The molecule has 15 heteroatoms. The maximum absolute atomic E-state index is 13.6. The molecule has 3 rings (SSSR count). The number of benzene rings is 1. The van der Waals surface area contributed by atoms with Crippen LogP contribution < -0.4 is 11.1 Å². The van der Waals surface area contributed by atoms with Crippen LogP contribution in [0.1, 0.15) is 23.3 Å². The van der Waals surface area contributed by atoms with E-state index in [0.29, 0.717) is 34.3 Å². The number of nitrogens with one attached hydrogen (secondary N) is 1. The summed E-state index contributed by atoms with van der Waals surface area (Å²) in [5.74, 6) is -5.34. The van der Waals surface area contributed by atoms with Gasteiger partial charge >= 0.3 is 12.1 Å². The number of halogens is 4. The van der Waals surface area contributed by atoms with Gasteiger partial charge in [0.15, 0.2) is 0 Å². The minimum absolute atomic E-state index is 0.00906. The Bertz CT molecular complexity index is 1310. The van der Waals surface area contributed by atoms with Crippen molar-refractivity contribution in [1.29, 1.82) is 0 Å². The average molecular weight is 560 g/mol. The van der Waals surface area contributed by atoms with Crippen molar-refractivity contribution in [3.05, 3.63) is 50.8 Å². The van der Waals surface area contributed by atoms with Crippen LogP contribution in [0.4, 0.5) is 22.4 Å². The number of carboxylic acids is 1. The molecule has 1 aromatic carbocycles. The molecule has 196 valence electrons. The van der Waals surface area contributed by atoms with Gasteiger partial charge in [-0.3, -0.25) is 28.9 Å². The molecule has 0 spiro atoms. The van der Waals surface area contributed by atoms with Gasteiger partial charge in [0.05, 0.1) is 16.9 Å². The second kappa shape index (κ2) is 11.1. The number of thiophene rings is 1. The molecule has 1 atom stereocenters. The highest BCUT2D eigenvalue weighted by atomic mass is 32.2. The molecule has 0 radical (unpaired) electrons. The zero-order valence-electron chi connectivity index (χ0n) is 18.5. The van der Waals surface area contributed by atoms with Crippen LogP contribution in [0.25, 0.3) is 17.2 Å². The summed E-state index contributed by atoms with van der Waals surface area (Å²) in [6.45, 7) is -0.349. The first-order valence-electron chi connectivity index (χ1n) is 10.3. The first-order chi connectivity index (χ1) is 17.3. The summed E-state index contributed by atoms with van der Waals surface area (Å²) >= 11 is 1.67. The van der Waals surface area contributed by atoms with Crippen molar-refractivity contribution >= 4 is 58.1 Å². The summed E-state index contributed by atoms with van der Waals surface area (Å²) in [7, 11) is 0. The maximum atomic E-state index is 13.6. The number of carbonyl (C=O) groups excluding carboxylic acids is 4. The Kier molecular flexibility index (Phi) is 8.38. The Morgan fingerprint density at radius 3 is 2.49 bits per heavy atom. The minimum Gasteiger partial charge on any atom is -0.481 e. The van der Waals surface area contributed by atoms with Gasteiger partial charge in [-0.05, 0) is 52.5 Å². The first-order valence-corrected chi connectivity index (χ1v) is 12.0. The van der Waals surface area contributed by atoms with Crippen molar-refractivity contribution in [2.24, 2.45) is 5.73 Å². The summed E-state index contributed by atoms with van der Waals surface area (Å²) < 4.78 is 52.6. The van der Waals surface area contributed by atoms with Crippen LogP contribution in [0.3, 0.4) is 0 Å². The van der Waals surface area contributed by atoms with Gasteiger partial charge in [-0.15, -0.1) is 11.3 Å². The normalized spacial score (nSPS) is 15.8. The Labute approximate surface area is 214 Å². The van der Waals surface area contributed by atoms with Gasteiger partial charge in [-0.2, -0.15) is 13.2 Å². The van der Waals surface area contributed by atoms with Gasteiger partial charge < -0.3 is 16.2 Å². The Balaban J connectivity index is 1.68. The highest BCUT2D eigenvalue weighted by Gasteiger charge is 2.36. The van der Waals surface area contributed by atoms with Crippen molar-refractivity contribution in [3.8, 4) is 11.1 Å². The van der Waals surface area contributed by atoms with Crippen molar-refractivity contribution < 1.29 is 46.6 Å². The van der Waals surface area contributed by atoms with Gasteiger partial charge in [0.1, 0.15) is 11.9 Å². The lowest BCUT2D eigenvalue weighted by Gasteiger charge is -2.15. The average Bonchev–Trinajstić information content (AvgIpc) is 3.35. The van der Waals surface area contributed by atoms with E-state index in [1.807, 2.05) is 0 Å². The van der Waals surface area contributed by atoms with Crippen molar-refractivity contribution in [3.63, 3.8) is 0 Å². The Hall–Kier alpha value is -3.72. The van der Waals surface area contributed by atoms with E-state index in [9.17, 15) is 41.5 Å². The van der Waals surface area contributed by atoms with E-state index in [2.05, 4.69) is 5.32 Å². The van der Waals surface area contributed by atoms with E-state index in [4.69, 9.17) is 10.8 Å². The van der Waals surface area contributed by atoms with E-state index in [-0.39, 0.29) is 17.0 Å². The number of primary amides is 1. The first kappa shape index (κ1) is 27.9. The molecule has 9 nitrogen and oxygen atoms in total. The van der Waals surface area contributed by atoms with E-state index < -0.39 is 65.4 Å². The van der Waals surface area contributed by atoms with Gasteiger partial charge in [0.25, 0.3) is 11.1 Å². The van der Waals surface area contributed by atoms with Crippen LogP contribution in [0.5, 0.6) is 0 Å². The molecule has 1 saturated heterocycles. The number of imide groups is 1. The summed E-state index contributed by atoms with van der Waals surface area (Å²) in [5.41, 5.74) is 4.10. The van der Waals surface area contributed by atoms with Crippen molar-refractivity contribution in [1.82, 2.24) is 10.2 Å². The topological polar surface area (TPSA) is 147 Å². The van der Waals surface area contributed by atoms with Crippen molar-refractivity contribution in [2.45, 2.75) is 25.1 Å². The number of hydrogen-bond acceptors (Lipinski definition) is 7. The monoisotopic (exact) mass is 559 g/mol. The predicted molar refractivity (Wildman–Crippen MR) is 125 cm³/mol. The highest BCUT2D eigenvalue weighted by Crippen LogP contribution is 2.37. The van der Waals surface area contributed by atoms with E-state index in [0.717, 1.165) is 16.2 Å². The molecule has 2 aromatic rings. The molecule has 0 aliphatic carbocycles. The van der Waals surface area contributed by atoms with Gasteiger partial charge in [-0.1, -0.05) is 6.07 Å². The number of amides is 4. The highest BCUT2D eigenvalue weighted by molar-refractivity contribution is 8.18. The largest absolute Gasteiger partial charge is 0.481 e. The molecular weight excluding hydrogens is 542 g/mol. The number of nitrogens with two attached hydrogens (primary N) is 1. The van der Waals surface area contributed by atoms with Gasteiger partial charge in [-0.25, -0.2) is 4.39 Å². The molecule has 0 bridgehead atoms. The summed E-state index contributed by atoms with van der Waals surface area (Å²) in [5, 5.41) is 11.7. The van der Waals surface area contributed by atoms with Crippen LogP contribution in [-0.4, -0.2) is 51.5 Å². The van der Waals surface area contributed by atoms with Crippen LogP contribution in [0, 0.1) is 5.82 Å². The number of thioether (sulfide) groups is 1. The number of carboxylic acid groups (broad SMARTS) is 1. The molecule has 1 aromatic heterocycles. The summed E-state index contributed by atoms with van der Waals surface area (Å²) in [4.78, 5) is 60.2. The van der Waals surface area contributed by atoms with E-state index >= 15 is 0 Å². The number of carbonyl (C=O) groups is 5. The third-order valence-corrected chi connectivity index (χ3v) is 6.78. The molecule has 0 saturated carbocycles. The van der Waals surface area contributed by atoms with Gasteiger partial charge in [0, 0.05) is 17.8 Å². The predicted octanol–water partition coefficient (Wildman–Crippen LogP) is 3.44. The molecule has 4 amide bonds. The van der Waals surface area contributed by atoms with Crippen LogP contribution in [-0.2, 0) is 25.4 Å². The second-order valence-electron chi connectivity index (χ2n) is 7.63. The van der Waals surface area contributed by atoms with Crippen LogP contribution >= 0.6 is 23.1 Å². The Morgan fingerprint density at radius 1 is 1.16 bits per heavy atom. The lowest BCUT2D eigenvalue weighted by molar-refractivity contribution is -0.140. The molecule has 4 N–H and O–H groups in total. The quantitative estimate of drug-likeness (QED) is 0.315. The molecule has 37 heavy (non-hydrogen) atoms. The smallest absolute Gasteiger partial charge is 0.419 e. The summed E-state index contributed by atoms with van der Waals surface area (Å²) in [6, 6.07) is 2.60. The second-order valence-corrected chi connectivity index (χ2v) is 9.57. The molecular formula is C22H17F4N3O6S2. The molecule has 1 aliphatic rings. The summed E-state index contributed by atoms with van der Waals surface area (Å²) in [6.07, 6.45) is -4.65. The lowest BCUT2D eigenvalue weighted by atomic mass is 10.0. The molecule has 2 heterocycles. The van der Waals surface area contributed by atoms with Gasteiger partial charge in [0.2, 0.25) is 11.8 Å². The van der Waals surface area contributed by atoms with E-state index in [1.165, 1.54) is 23.6 Å². The number of alkyl halides is 3. The fraction of sp³-hybridized carbons (Fsp3) is 0.227. The molecule has 1 fully saturated rings.